The van der Waals surface area contributed by atoms with E-state index < -0.39 is 0 Å². The predicted molar refractivity (Wildman–Crippen MR) is 89.1 cm³/mol. The second kappa shape index (κ2) is 8.74. The summed E-state index contributed by atoms with van der Waals surface area (Å²) >= 11 is 0. The van der Waals surface area contributed by atoms with Gasteiger partial charge in [-0.3, -0.25) is 4.79 Å². The van der Waals surface area contributed by atoms with Gasteiger partial charge in [0, 0.05) is 25.6 Å². The number of amides is 1. The van der Waals surface area contributed by atoms with Gasteiger partial charge in [0.05, 0.1) is 0 Å². The van der Waals surface area contributed by atoms with Crippen LogP contribution in [0.15, 0.2) is 0 Å². The Bertz CT molecular complexity index is 304. The number of nitrogens with one attached hydrogen (secondary N) is 1. The summed E-state index contributed by atoms with van der Waals surface area (Å²) in [4.78, 5) is 14.6. The summed E-state index contributed by atoms with van der Waals surface area (Å²) < 4.78 is 0. The Balaban J connectivity index is 2.30. The van der Waals surface area contributed by atoms with Crippen molar-refractivity contribution in [2.45, 2.75) is 65.8 Å². The molecule has 1 aliphatic rings. The summed E-state index contributed by atoms with van der Waals surface area (Å²) in [7, 11) is 0. The van der Waals surface area contributed by atoms with Crippen molar-refractivity contribution in [1.82, 2.24) is 10.2 Å². The van der Waals surface area contributed by atoms with Gasteiger partial charge in [0.25, 0.3) is 0 Å². The first-order valence-corrected chi connectivity index (χ1v) is 8.58. The molecular weight excluding hydrogens is 262 g/mol. The molecule has 0 aromatic rings. The predicted octanol–water partition coefficient (Wildman–Crippen LogP) is 2.38. The van der Waals surface area contributed by atoms with E-state index >= 15 is 0 Å². The van der Waals surface area contributed by atoms with Crippen LogP contribution >= 0.6 is 0 Å². The minimum absolute atomic E-state index is 0.219. The number of nitrogens with two attached hydrogens (primary N) is 1. The number of hydrogen-bond acceptors (Lipinski definition) is 3. The zero-order chi connectivity index (χ0) is 15.9. The van der Waals surface area contributed by atoms with Gasteiger partial charge in [-0.05, 0) is 50.1 Å². The zero-order valence-electron chi connectivity index (χ0n) is 14.5. The molecule has 0 saturated carbocycles. The molecule has 1 amide bonds. The highest BCUT2D eigenvalue weighted by molar-refractivity contribution is 5.76. The lowest BCUT2D eigenvalue weighted by molar-refractivity contribution is -0.122. The van der Waals surface area contributed by atoms with E-state index in [2.05, 4.69) is 37.9 Å². The Labute approximate surface area is 130 Å². The van der Waals surface area contributed by atoms with E-state index in [0.29, 0.717) is 24.9 Å². The summed E-state index contributed by atoms with van der Waals surface area (Å²) in [5.41, 5.74) is 5.93. The minimum Gasteiger partial charge on any atom is -0.353 e. The van der Waals surface area contributed by atoms with Crippen LogP contribution in [-0.4, -0.2) is 43.0 Å². The third kappa shape index (κ3) is 6.79. The van der Waals surface area contributed by atoms with E-state index in [0.717, 1.165) is 45.3 Å². The number of rotatable bonds is 7. The van der Waals surface area contributed by atoms with Crippen LogP contribution in [0.3, 0.4) is 0 Å². The first kappa shape index (κ1) is 18.4. The number of piperidine rings is 1. The monoisotopic (exact) mass is 297 g/mol. The molecule has 4 heteroatoms. The molecule has 1 fully saturated rings. The highest BCUT2D eigenvalue weighted by Gasteiger charge is 2.25. The second-order valence-electron chi connectivity index (χ2n) is 7.46. The van der Waals surface area contributed by atoms with Gasteiger partial charge in [-0.2, -0.15) is 0 Å². The molecule has 0 aromatic heterocycles. The number of nitrogens with zero attached hydrogens (tertiary/aromatic N) is 1. The molecule has 1 saturated heterocycles. The van der Waals surface area contributed by atoms with Crippen LogP contribution in [0.5, 0.6) is 0 Å². The first-order valence-electron chi connectivity index (χ1n) is 8.58. The van der Waals surface area contributed by atoms with Crippen LogP contribution in [0.1, 0.15) is 59.8 Å². The molecule has 1 heterocycles. The zero-order valence-corrected chi connectivity index (χ0v) is 14.5. The Morgan fingerprint density at radius 2 is 1.90 bits per heavy atom. The molecule has 3 N–H and O–H groups in total. The summed E-state index contributed by atoms with van der Waals surface area (Å²) in [6.45, 7) is 13.0. The van der Waals surface area contributed by atoms with Crippen molar-refractivity contribution in [3.05, 3.63) is 0 Å². The van der Waals surface area contributed by atoms with Gasteiger partial charge in [-0.1, -0.05) is 27.7 Å². The SMILES string of the molecule is CCN1CCC(NC(=O)CCC(CCN)C(C)(C)C)CC1. The maximum absolute atomic E-state index is 12.1. The van der Waals surface area contributed by atoms with Crippen molar-refractivity contribution in [1.29, 1.82) is 0 Å². The molecule has 0 spiro atoms. The van der Waals surface area contributed by atoms with E-state index in [-0.39, 0.29) is 11.3 Å². The lowest BCUT2D eigenvalue weighted by atomic mass is 9.76. The lowest BCUT2D eigenvalue weighted by Gasteiger charge is -2.32. The first-order chi connectivity index (χ1) is 9.86. The highest BCUT2D eigenvalue weighted by Crippen LogP contribution is 2.32. The molecule has 1 rings (SSSR count). The normalized spacial score (nSPS) is 19.5. The molecule has 1 unspecified atom stereocenters. The molecule has 124 valence electrons. The van der Waals surface area contributed by atoms with Gasteiger partial charge >= 0.3 is 0 Å². The fourth-order valence-electron chi connectivity index (χ4n) is 3.21. The fraction of sp³-hybridized carbons (Fsp3) is 0.941. The standard InChI is InChI=1S/C17H35N3O/c1-5-20-12-9-15(10-13-20)19-16(21)7-6-14(8-11-18)17(2,3)4/h14-15H,5-13,18H2,1-4H3,(H,19,21). The van der Waals surface area contributed by atoms with Crippen molar-refractivity contribution in [3.8, 4) is 0 Å². The van der Waals surface area contributed by atoms with Gasteiger partial charge in [0.1, 0.15) is 0 Å². The smallest absolute Gasteiger partial charge is 0.220 e. The molecule has 0 aliphatic carbocycles. The lowest BCUT2D eigenvalue weighted by Crippen LogP contribution is -2.44. The average Bonchev–Trinajstić information content (AvgIpc) is 2.43. The third-order valence-corrected chi connectivity index (χ3v) is 4.86. The fourth-order valence-corrected chi connectivity index (χ4v) is 3.21. The quantitative estimate of drug-likeness (QED) is 0.758. The Kier molecular flexibility index (Phi) is 7.67. The van der Waals surface area contributed by atoms with E-state index in [1.54, 1.807) is 0 Å². The number of hydrogen-bond donors (Lipinski definition) is 2. The van der Waals surface area contributed by atoms with Crippen LogP contribution < -0.4 is 11.1 Å². The van der Waals surface area contributed by atoms with Crippen LogP contribution in [0.4, 0.5) is 0 Å². The van der Waals surface area contributed by atoms with Gasteiger partial charge in [-0.15, -0.1) is 0 Å². The third-order valence-electron chi connectivity index (χ3n) is 4.86. The van der Waals surface area contributed by atoms with Gasteiger partial charge in [-0.25, -0.2) is 0 Å². The van der Waals surface area contributed by atoms with Crippen LogP contribution in [0.2, 0.25) is 0 Å². The van der Waals surface area contributed by atoms with Gasteiger partial charge in [0.15, 0.2) is 0 Å². The molecule has 4 nitrogen and oxygen atoms in total. The molecule has 0 bridgehead atoms. The van der Waals surface area contributed by atoms with Crippen molar-refractivity contribution in [3.63, 3.8) is 0 Å². The topological polar surface area (TPSA) is 58.4 Å². The second-order valence-corrected chi connectivity index (χ2v) is 7.46. The summed E-state index contributed by atoms with van der Waals surface area (Å²) in [6.07, 6.45) is 4.76. The van der Waals surface area contributed by atoms with E-state index in [9.17, 15) is 4.79 Å². The molecule has 21 heavy (non-hydrogen) atoms. The van der Waals surface area contributed by atoms with Gasteiger partial charge < -0.3 is 16.0 Å². The maximum Gasteiger partial charge on any atom is 0.220 e. The Hall–Kier alpha value is -0.610. The van der Waals surface area contributed by atoms with Crippen molar-refractivity contribution >= 4 is 5.91 Å². The number of carbonyl (C=O) groups is 1. The Morgan fingerprint density at radius 1 is 1.29 bits per heavy atom. The number of likely N-dealkylation sites (tertiary alicyclic amines) is 1. The van der Waals surface area contributed by atoms with Crippen molar-refractivity contribution < 1.29 is 4.79 Å². The van der Waals surface area contributed by atoms with E-state index in [1.807, 2.05) is 0 Å². The molecular formula is C17H35N3O. The largest absolute Gasteiger partial charge is 0.353 e. The van der Waals surface area contributed by atoms with Crippen molar-refractivity contribution in [2.24, 2.45) is 17.1 Å². The van der Waals surface area contributed by atoms with Crippen LogP contribution in [0, 0.1) is 11.3 Å². The maximum atomic E-state index is 12.1. The Morgan fingerprint density at radius 3 is 2.38 bits per heavy atom. The summed E-state index contributed by atoms with van der Waals surface area (Å²) in [5.74, 6) is 0.742. The molecule has 1 atom stereocenters. The van der Waals surface area contributed by atoms with Crippen molar-refractivity contribution in [2.75, 3.05) is 26.2 Å². The van der Waals surface area contributed by atoms with E-state index in [4.69, 9.17) is 5.73 Å². The highest BCUT2D eigenvalue weighted by atomic mass is 16.1. The average molecular weight is 297 g/mol. The molecule has 0 aromatic carbocycles. The number of carbonyl (C=O) groups excluding carboxylic acids is 1. The molecule has 0 radical (unpaired) electrons. The van der Waals surface area contributed by atoms with Crippen LogP contribution in [0.25, 0.3) is 0 Å². The van der Waals surface area contributed by atoms with Gasteiger partial charge in [0.2, 0.25) is 5.91 Å². The molecule has 1 aliphatic heterocycles. The van der Waals surface area contributed by atoms with Crippen LogP contribution in [-0.2, 0) is 4.79 Å². The summed E-state index contributed by atoms with van der Waals surface area (Å²) in [5, 5.41) is 3.22. The minimum atomic E-state index is 0.219. The van der Waals surface area contributed by atoms with E-state index in [1.165, 1.54) is 0 Å². The summed E-state index contributed by atoms with van der Waals surface area (Å²) in [6, 6.07) is 0.378.